The molecule has 0 saturated carbocycles. The number of benzene rings is 1. The highest BCUT2D eigenvalue weighted by Crippen LogP contribution is 2.14. The zero-order valence-electron chi connectivity index (χ0n) is 10.3. The van der Waals surface area contributed by atoms with Gasteiger partial charge in [0.1, 0.15) is 6.54 Å². The number of carboxylic acid groups (broad SMARTS) is 1. The standard InChI is InChI=1S/C12H12N4O4/c17-9(13-6-10(18)19)5-14-12(20)11-7-3-1-2-4-8(7)15-16-11/h1-4H,5-6H2,(H,13,17)(H,14,20)(H,15,16)(H,18,19). The molecule has 1 heterocycles. The number of carboxylic acids is 1. The molecule has 4 N–H and O–H groups in total. The van der Waals surface area contributed by atoms with Crippen LogP contribution in [0.2, 0.25) is 0 Å². The number of H-pyrrole nitrogens is 1. The van der Waals surface area contributed by atoms with Crippen LogP contribution < -0.4 is 10.6 Å². The van der Waals surface area contributed by atoms with E-state index in [1.54, 1.807) is 18.2 Å². The molecule has 2 amide bonds. The molecule has 0 saturated heterocycles. The summed E-state index contributed by atoms with van der Waals surface area (Å²) in [5.74, 6) is -2.24. The number of rotatable bonds is 5. The SMILES string of the molecule is O=C(O)CNC(=O)CNC(=O)c1n[nH]c2ccccc12. The van der Waals surface area contributed by atoms with Crippen LogP contribution in [0, 0.1) is 0 Å². The van der Waals surface area contributed by atoms with Crippen LogP contribution >= 0.6 is 0 Å². The molecule has 0 radical (unpaired) electrons. The third kappa shape index (κ3) is 3.10. The minimum atomic E-state index is -1.15. The first-order valence-electron chi connectivity index (χ1n) is 5.77. The maximum atomic E-state index is 11.9. The first-order chi connectivity index (χ1) is 9.58. The van der Waals surface area contributed by atoms with Crippen LogP contribution in [0.25, 0.3) is 10.9 Å². The van der Waals surface area contributed by atoms with E-state index in [0.717, 1.165) is 0 Å². The van der Waals surface area contributed by atoms with Gasteiger partial charge in [-0.2, -0.15) is 5.10 Å². The molecule has 104 valence electrons. The predicted octanol–water partition coefficient (Wildman–Crippen LogP) is -0.506. The molecule has 0 fully saturated rings. The lowest BCUT2D eigenvalue weighted by molar-refractivity contribution is -0.137. The van der Waals surface area contributed by atoms with Crippen LogP contribution in [-0.4, -0.2) is 46.2 Å². The number of carbonyl (C=O) groups is 3. The Bertz CT molecular complexity index is 664. The lowest BCUT2D eigenvalue weighted by Crippen LogP contribution is -2.39. The smallest absolute Gasteiger partial charge is 0.322 e. The van der Waals surface area contributed by atoms with Crippen molar-refractivity contribution >= 4 is 28.7 Å². The molecule has 0 aliphatic heterocycles. The molecule has 8 nitrogen and oxygen atoms in total. The van der Waals surface area contributed by atoms with Crippen LogP contribution in [0.3, 0.4) is 0 Å². The summed E-state index contributed by atoms with van der Waals surface area (Å²) in [5, 5.41) is 20.1. The van der Waals surface area contributed by atoms with E-state index in [2.05, 4.69) is 20.8 Å². The number of nitrogens with zero attached hydrogens (tertiary/aromatic N) is 1. The molecular weight excluding hydrogens is 264 g/mol. The highest BCUT2D eigenvalue weighted by atomic mass is 16.4. The Labute approximate surface area is 113 Å². The molecule has 20 heavy (non-hydrogen) atoms. The Balaban J connectivity index is 1.95. The highest BCUT2D eigenvalue weighted by molar-refractivity contribution is 6.05. The largest absolute Gasteiger partial charge is 0.480 e. The van der Waals surface area contributed by atoms with Crippen LogP contribution in [0.5, 0.6) is 0 Å². The average Bonchev–Trinajstić information content (AvgIpc) is 2.86. The normalized spacial score (nSPS) is 10.2. The number of hydrogen-bond acceptors (Lipinski definition) is 4. The van der Waals surface area contributed by atoms with Crippen molar-refractivity contribution in [3.63, 3.8) is 0 Å². The molecule has 2 rings (SSSR count). The number of aromatic amines is 1. The fraction of sp³-hybridized carbons (Fsp3) is 0.167. The maximum absolute atomic E-state index is 11.9. The Hall–Kier alpha value is -2.90. The first-order valence-corrected chi connectivity index (χ1v) is 5.77. The van der Waals surface area contributed by atoms with Crippen LogP contribution in [0.15, 0.2) is 24.3 Å². The molecule has 0 spiro atoms. The molecule has 0 unspecified atom stereocenters. The van der Waals surface area contributed by atoms with Gasteiger partial charge in [0.05, 0.1) is 12.1 Å². The summed E-state index contributed by atoms with van der Waals surface area (Å²) in [7, 11) is 0. The van der Waals surface area contributed by atoms with Crippen LogP contribution in [-0.2, 0) is 9.59 Å². The Morgan fingerprint density at radius 3 is 2.65 bits per heavy atom. The summed E-state index contributed by atoms with van der Waals surface area (Å²) in [6.45, 7) is -0.798. The summed E-state index contributed by atoms with van der Waals surface area (Å²) >= 11 is 0. The van der Waals surface area contributed by atoms with E-state index in [0.29, 0.717) is 10.9 Å². The molecule has 0 aliphatic carbocycles. The van der Waals surface area contributed by atoms with Gasteiger partial charge in [-0.25, -0.2) is 0 Å². The lowest BCUT2D eigenvalue weighted by atomic mass is 10.2. The van der Waals surface area contributed by atoms with Gasteiger partial charge in [-0.1, -0.05) is 18.2 Å². The van der Waals surface area contributed by atoms with Crippen LogP contribution in [0.1, 0.15) is 10.5 Å². The van der Waals surface area contributed by atoms with Gasteiger partial charge in [0.15, 0.2) is 5.69 Å². The van der Waals surface area contributed by atoms with Gasteiger partial charge < -0.3 is 15.7 Å². The number of nitrogens with one attached hydrogen (secondary N) is 3. The third-order valence-electron chi connectivity index (χ3n) is 2.53. The van der Waals surface area contributed by atoms with Gasteiger partial charge in [0.25, 0.3) is 5.91 Å². The lowest BCUT2D eigenvalue weighted by Gasteiger charge is -2.03. The quantitative estimate of drug-likeness (QED) is 0.585. The average molecular weight is 276 g/mol. The fourth-order valence-corrected chi connectivity index (χ4v) is 1.62. The monoisotopic (exact) mass is 276 g/mol. The second-order valence-corrected chi connectivity index (χ2v) is 3.97. The van der Waals surface area contributed by atoms with E-state index < -0.39 is 24.3 Å². The maximum Gasteiger partial charge on any atom is 0.322 e. The Morgan fingerprint density at radius 1 is 1.15 bits per heavy atom. The van der Waals surface area contributed by atoms with Crippen molar-refractivity contribution in [1.29, 1.82) is 0 Å². The molecule has 2 aromatic rings. The van der Waals surface area contributed by atoms with Gasteiger partial charge in [0, 0.05) is 5.39 Å². The minimum absolute atomic E-state index is 0.187. The molecule has 0 atom stereocenters. The fourth-order valence-electron chi connectivity index (χ4n) is 1.62. The Morgan fingerprint density at radius 2 is 1.90 bits per heavy atom. The number of amides is 2. The molecule has 1 aromatic heterocycles. The second-order valence-electron chi connectivity index (χ2n) is 3.97. The highest BCUT2D eigenvalue weighted by Gasteiger charge is 2.14. The van der Waals surface area contributed by atoms with Crippen molar-refractivity contribution in [3.8, 4) is 0 Å². The van der Waals surface area contributed by atoms with Crippen molar-refractivity contribution < 1.29 is 19.5 Å². The molecule has 0 aliphatic rings. The topological polar surface area (TPSA) is 124 Å². The van der Waals surface area contributed by atoms with E-state index >= 15 is 0 Å². The summed E-state index contributed by atoms with van der Waals surface area (Å²) in [5.41, 5.74) is 0.902. The van der Waals surface area contributed by atoms with Gasteiger partial charge in [-0.3, -0.25) is 19.5 Å². The molecule has 0 bridgehead atoms. The summed E-state index contributed by atoms with van der Waals surface area (Å²) in [4.78, 5) is 33.4. The van der Waals surface area contributed by atoms with Gasteiger partial charge in [0.2, 0.25) is 5.91 Å². The molecule has 1 aromatic carbocycles. The molecule has 8 heteroatoms. The third-order valence-corrected chi connectivity index (χ3v) is 2.53. The van der Waals surface area contributed by atoms with E-state index in [4.69, 9.17) is 5.11 Å². The zero-order valence-corrected chi connectivity index (χ0v) is 10.3. The van der Waals surface area contributed by atoms with Gasteiger partial charge in [-0.15, -0.1) is 0 Å². The molecular formula is C12H12N4O4. The summed E-state index contributed by atoms with van der Waals surface area (Å²) in [6.07, 6.45) is 0. The number of carbonyl (C=O) groups excluding carboxylic acids is 2. The van der Waals surface area contributed by atoms with Crippen molar-refractivity contribution in [3.05, 3.63) is 30.0 Å². The summed E-state index contributed by atoms with van der Waals surface area (Å²) in [6, 6.07) is 7.09. The minimum Gasteiger partial charge on any atom is -0.480 e. The predicted molar refractivity (Wildman–Crippen MR) is 69.1 cm³/mol. The van der Waals surface area contributed by atoms with Crippen molar-refractivity contribution in [2.24, 2.45) is 0 Å². The van der Waals surface area contributed by atoms with Gasteiger partial charge >= 0.3 is 5.97 Å². The number of fused-ring (bicyclic) bond motifs is 1. The van der Waals surface area contributed by atoms with E-state index in [1.165, 1.54) is 0 Å². The van der Waals surface area contributed by atoms with E-state index in [1.807, 2.05) is 6.07 Å². The number of aliphatic carboxylic acids is 1. The first kappa shape index (κ1) is 13.5. The van der Waals surface area contributed by atoms with E-state index in [-0.39, 0.29) is 12.2 Å². The van der Waals surface area contributed by atoms with Crippen molar-refractivity contribution in [2.45, 2.75) is 0 Å². The van der Waals surface area contributed by atoms with Crippen molar-refractivity contribution in [1.82, 2.24) is 20.8 Å². The zero-order chi connectivity index (χ0) is 14.5. The number of para-hydroxylation sites is 1. The van der Waals surface area contributed by atoms with Crippen molar-refractivity contribution in [2.75, 3.05) is 13.1 Å². The summed E-state index contributed by atoms with van der Waals surface area (Å²) < 4.78 is 0. The van der Waals surface area contributed by atoms with Gasteiger partial charge in [-0.05, 0) is 6.07 Å². The Kier molecular flexibility index (Phi) is 3.94. The number of hydrogen-bond donors (Lipinski definition) is 4. The number of aromatic nitrogens is 2. The second kappa shape index (κ2) is 5.83. The van der Waals surface area contributed by atoms with E-state index in [9.17, 15) is 14.4 Å². The van der Waals surface area contributed by atoms with Crippen LogP contribution in [0.4, 0.5) is 0 Å².